The maximum atomic E-state index is 12.2. The van der Waals surface area contributed by atoms with Gasteiger partial charge in [0.15, 0.2) is 5.69 Å². The Balaban J connectivity index is 3.61. The molecule has 0 aliphatic rings. The number of halogens is 3. The molecule has 6 nitrogen and oxygen atoms in total. The van der Waals surface area contributed by atoms with Gasteiger partial charge in [0.25, 0.3) is 17.1 Å². The van der Waals surface area contributed by atoms with Crippen molar-refractivity contribution in [3.63, 3.8) is 0 Å². The fraction of sp³-hybridized carbons (Fsp3) is 0.143. The van der Waals surface area contributed by atoms with E-state index in [0.29, 0.717) is 6.20 Å². The second kappa shape index (κ2) is 4.35. The lowest BCUT2D eigenvalue weighted by atomic mass is 10.2. The molecule has 0 saturated heterocycles. The second-order valence-corrected chi connectivity index (χ2v) is 2.97. The summed E-state index contributed by atoms with van der Waals surface area (Å²) in [6.07, 6.45) is -2.66. The molecule has 0 fully saturated rings. The van der Waals surface area contributed by atoms with Crippen LogP contribution in [0.4, 0.5) is 14.5 Å². The van der Waals surface area contributed by atoms with Gasteiger partial charge in [-0.25, -0.2) is 8.78 Å². The number of aromatic amines is 1. The van der Waals surface area contributed by atoms with Crippen molar-refractivity contribution in [2.45, 2.75) is 6.43 Å². The first-order chi connectivity index (χ1) is 7.36. The second-order valence-electron chi connectivity index (χ2n) is 2.63. The SMILES string of the molecule is O=C(Cl)c1[nH]cc(C(F)F)c(=O)c1[N+](=O)[O-]. The van der Waals surface area contributed by atoms with Crippen LogP contribution >= 0.6 is 11.6 Å². The number of nitrogens with zero attached hydrogens (tertiary/aromatic N) is 1. The van der Waals surface area contributed by atoms with Crippen LogP contribution < -0.4 is 5.43 Å². The quantitative estimate of drug-likeness (QED) is 0.502. The zero-order chi connectivity index (χ0) is 12.5. The third-order valence-corrected chi connectivity index (χ3v) is 1.89. The number of hydrogen-bond acceptors (Lipinski definition) is 4. The van der Waals surface area contributed by atoms with Gasteiger partial charge in [-0.2, -0.15) is 0 Å². The molecule has 1 heterocycles. The molecule has 0 aliphatic carbocycles. The van der Waals surface area contributed by atoms with Crippen molar-refractivity contribution in [3.05, 3.63) is 37.8 Å². The zero-order valence-corrected chi connectivity index (χ0v) is 8.12. The minimum Gasteiger partial charge on any atom is -0.351 e. The van der Waals surface area contributed by atoms with Crippen molar-refractivity contribution in [2.24, 2.45) is 0 Å². The van der Waals surface area contributed by atoms with Gasteiger partial charge in [0.1, 0.15) is 0 Å². The van der Waals surface area contributed by atoms with E-state index in [0.717, 1.165) is 0 Å². The molecule has 0 radical (unpaired) electrons. The van der Waals surface area contributed by atoms with Crippen LogP contribution in [0.3, 0.4) is 0 Å². The van der Waals surface area contributed by atoms with Crippen molar-refractivity contribution in [1.82, 2.24) is 4.98 Å². The average Bonchev–Trinajstić information content (AvgIpc) is 2.15. The molecule has 0 spiro atoms. The van der Waals surface area contributed by atoms with E-state index in [1.807, 2.05) is 4.98 Å². The van der Waals surface area contributed by atoms with Crippen LogP contribution in [-0.2, 0) is 0 Å². The molecule has 1 rings (SSSR count). The van der Waals surface area contributed by atoms with E-state index in [9.17, 15) is 28.5 Å². The smallest absolute Gasteiger partial charge is 0.345 e. The first-order valence-corrected chi connectivity index (χ1v) is 4.12. The number of aromatic nitrogens is 1. The Labute approximate surface area is 91.0 Å². The zero-order valence-electron chi connectivity index (χ0n) is 7.37. The van der Waals surface area contributed by atoms with Gasteiger partial charge in [0, 0.05) is 6.20 Å². The van der Waals surface area contributed by atoms with Gasteiger partial charge in [-0.1, -0.05) is 0 Å². The summed E-state index contributed by atoms with van der Waals surface area (Å²) in [6, 6.07) is 0. The molecule has 0 aromatic carbocycles. The van der Waals surface area contributed by atoms with Crippen molar-refractivity contribution >= 4 is 22.5 Å². The van der Waals surface area contributed by atoms with Gasteiger partial charge in [0.2, 0.25) is 0 Å². The molecule has 9 heteroatoms. The Morgan fingerprint density at radius 2 is 2.12 bits per heavy atom. The maximum Gasteiger partial charge on any atom is 0.345 e. The molecule has 1 aromatic heterocycles. The van der Waals surface area contributed by atoms with Crippen LogP contribution in [0.15, 0.2) is 11.0 Å². The van der Waals surface area contributed by atoms with Crippen LogP contribution in [0.1, 0.15) is 22.5 Å². The Hall–Kier alpha value is -1.83. The standard InChI is InChI=1S/C7H3ClF2N2O4/c8-6(14)3-4(12(15)16)5(13)2(1-11-3)7(9)10/h1,7H,(H,11,13). The number of carbonyl (C=O) groups is 1. The molecular formula is C7H3ClF2N2O4. The Kier molecular flexibility index (Phi) is 3.33. The summed E-state index contributed by atoms with van der Waals surface area (Å²) < 4.78 is 24.5. The Morgan fingerprint density at radius 3 is 2.50 bits per heavy atom. The predicted molar refractivity (Wildman–Crippen MR) is 48.9 cm³/mol. The molecule has 0 bridgehead atoms. The molecule has 1 aromatic rings. The normalized spacial score (nSPS) is 10.5. The summed E-state index contributed by atoms with van der Waals surface area (Å²) in [6.45, 7) is 0. The molecule has 86 valence electrons. The first kappa shape index (κ1) is 12.2. The predicted octanol–water partition coefficient (Wildman–Crippen LogP) is 1.60. The average molecular weight is 253 g/mol. The van der Waals surface area contributed by atoms with Crippen LogP contribution in [0.25, 0.3) is 0 Å². The highest BCUT2D eigenvalue weighted by Crippen LogP contribution is 2.19. The minimum atomic E-state index is -3.18. The number of rotatable bonds is 3. The number of carbonyl (C=O) groups excluding carboxylic acids is 1. The van der Waals surface area contributed by atoms with Gasteiger partial charge in [0.05, 0.1) is 10.5 Å². The van der Waals surface area contributed by atoms with E-state index in [4.69, 9.17) is 11.6 Å². The van der Waals surface area contributed by atoms with Gasteiger partial charge >= 0.3 is 5.69 Å². The first-order valence-electron chi connectivity index (χ1n) is 3.74. The summed E-state index contributed by atoms with van der Waals surface area (Å²) in [5, 5.41) is 9.15. The fourth-order valence-electron chi connectivity index (χ4n) is 1.02. The Morgan fingerprint density at radius 1 is 1.56 bits per heavy atom. The van der Waals surface area contributed by atoms with Gasteiger partial charge in [-0.15, -0.1) is 0 Å². The fourth-order valence-corrected chi connectivity index (χ4v) is 1.16. The van der Waals surface area contributed by atoms with E-state index < -0.39 is 39.0 Å². The topological polar surface area (TPSA) is 93.1 Å². The third kappa shape index (κ3) is 2.06. The summed E-state index contributed by atoms with van der Waals surface area (Å²) in [7, 11) is 0. The molecule has 0 atom stereocenters. The summed E-state index contributed by atoms with van der Waals surface area (Å²) >= 11 is 4.96. The van der Waals surface area contributed by atoms with Crippen molar-refractivity contribution in [3.8, 4) is 0 Å². The summed E-state index contributed by atoms with van der Waals surface area (Å²) in [5.74, 6) is 0. The summed E-state index contributed by atoms with van der Waals surface area (Å²) in [5.41, 5.74) is -4.71. The van der Waals surface area contributed by atoms with Crippen molar-refractivity contribution in [1.29, 1.82) is 0 Å². The molecule has 1 N–H and O–H groups in total. The molecule has 0 saturated carbocycles. The lowest BCUT2D eigenvalue weighted by Crippen LogP contribution is -2.18. The monoisotopic (exact) mass is 252 g/mol. The maximum absolute atomic E-state index is 12.2. The minimum absolute atomic E-state index is 0.523. The number of hydrogen-bond donors (Lipinski definition) is 1. The molecule has 0 aliphatic heterocycles. The van der Waals surface area contributed by atoms with E-state index in [1.165, 1.54) is 0 Å². The van der Waals surface area contributed by atoms with Crippen molar-refractivity contribution < 1.29 is 18.5 Å². The third-order valence-electron chi connectivity index (χ3n) is 1.70. The van der Waals surface area contributed by atoms with Crippen LogP contribution in [0, 0.1) is 10.1 Å². The summed E-state index contributed by atoms with van der Waals surface area (Å²) in [4.78, 5) is 33.1. The van der Waals surface area contributed by atoms with Crippen LogP contribution in [-0.4, -0.2) is 15.1 Å². The largest absolute Gasteiger partial charge is 0.351 e. The van der Waals surface area contributed by atoms with Crippen LogP contribution in [0.2, 0.25) is 0 Å². The molecule has 0 amide bonds. The van der Waals surface area contributed by atoms with E-state index in [2.05, 4.69) is 0 Å². The highest BCUT2D eigenvalue weighted by Gasteiger charge is 2.28. The highest BCUT2D eigenvalue weighted by molar-refractivity contribution is 6.67. The number of H-pyrrole nitrogens is 1. The molecular weight excluding hydrogens is 250 g/mol. The number of nitro groups is 1. The molecule has 0 unspecified atom stereocenters. The van der Waals surface area contributed by atoms with Crippen LogP contribution in [0.5, 0.6) is 0 Å². The van der Waals surface area contributed by atoms with Crippen molar-refractivity contribution in [2.75, 3.05) is 0 Å². The molecule has 16 heavy (non-hydrogen) atoms. The van der Waals surface area contributed by atoms with E-state index in [1.54, 1.807) is 0 Å². The Bertz CT molecular complexity index is 514. The van der Waals surface area contributed by atoms with E-state index >= 15 is 0 Å². The number of nitrogens with one attached hydrogen (secondary N) is 1. The number of alkyl halides is 2. The van der Waals surface area contributed by atoms with Gasteiger partial charge < -0.3 is 4.98 Å². The van der Waals surface area contributed by atoms with Gasteiger partial charge in [-0.05, 0) is 11.6 Å². The number of pyridine rings is 1. The lowest BCUT2D eigenvalue weighted by Gasteiger charge is -2.01. The highest BCUT2D eigenvalue weighted by atomic mass is 35.5. The van der Waals surface area contributed by atoms with E-state index in [-0.39, 0.29) is 0 Å². The van der Waals surface area contributed by atoms with Gasteiger partial charge in [-0.3, -0.25) is 19.7 Å². The lowest BCUT2D eigenvalue weighted by molar-refractivity contribution is -0.386.